The number of hydrogen-bond donors (Lipinski definition) is 1. The number of aryl methyl sites for hydroxylation is 3. The first-order valence-electron chi connectivity index (χ1n) is 9.58. The van der Waals surface area contributed by atoms with Crippen molar-refractivity contribution in [2.75, 3.05) is 10.6 Å². The molecule has 0 unspecified atom stereocenters. The summed E-state index contributed by atoms with van der Waals surface area (Å²) in [4.78, 5) is 13.0. The Hall–Kier alpha value is -2.05. The molecule has 0 heterocycles. The highest BCUT2D eigenvalue weighted by molar-refractivity contribution is 7.92. The summed E-state index contributed by atoms with van der Waals surface area (Å²) in [6.07, 6.45) is 1.78. The normalized spacial score (nSPS) is 13.6. The van der Waals surface area contributed by atoms with Gasteiger partial charge in [-0.25, -0.2) is 8.42 Å². The number of halogens is 1. The van der Waals surface area contributed by atoms with Gasteiger partial charge in [0.1, 0.15) is 6.04 Å². The largest absolute Gasteiger partial charge is 0.347 e. The average Bonchev–Trinajstić information content (AvgIpc) is 2.63. The molecule has 0 spiro atoms. The van der Waals surface area contributed by atoms with Crippen LogP contribution in [0, 0.1) is 20.8 Å². The molecule has 1 N–H and O–H groups in total. The summed E-state index contributed by atoms with van der Waals surface area (Å²) in [5.41, 5.74) is 4.53. The SMILES string of the molecule is CC[C@@H](NC(=O)[C@@H](C)N(c1ccc(C)c(Cl)c1)S(C)(=O)=O)c1ccc(C)c(C)c1. The van der Waals surface area contributed by atoms with E-state index in [0.29, 0.717) is 17.1 Å². The van der Waals surface area contributed by atoms with Crippen LogP contribution in [0.1, 0.15) is 48.6 Å². The lowest BCUT2D eigenvalue weighted by molar-refractivity contribution is -0.122. The monoisotopic (exact) mass is 436 g/mol. The van der Waals surface area contributed by atoms with Gasteiger partial charge in [-0.3, -0.25) is 9.10 Å². The zero-order valence-electron chi connectivity index (χ0n) is 17.8. The van der Waals surface area contributed by atoms with Gasteiger partial charge in [0.15, 0.2) is 0 Å². The Morgan fingerprint density at radius 1 is 1.07 bits per heavy atom. The summed E-state index contributed by atoms with van der Waals surface area (Å²) in [6.45, 7) is 9.47. The number of rotatable bonds is 7. The predicted molar refractivity (Wildman–Crippen MR) is 120 cm³/mol. The van der Waals surface area contributed by atoms with Crippen LogP contribution in [-0.4, -0.2) is 26.6 Å². The minimum Gasteiger partial charge on any atom is -0.347 e. The van der Waals surface area contributed by atoms with Crippen molar-refractivity contribution < 1.29 is 13.2 Å². The second-order valence-corrected chi connectivity index (χ2v) is 9.75. The number of benzene rings is 2. The second-order valence-electron chi connectivity index (χ2n) is 7.48. The van der Waals surface area contributed by atoms with Gasteiger partial charge < -0.3 is 5.32 Å². The van der Waals surface area contributed by atoms with Gasteiger partial charge >= 0.3 is 0 Å². The van der Waals surface area contributed by atoms with Crippen LogP contribution < -0.4 is 9.62 Å². The summed E-state index contributed by atoms with van der Waals surface area (Å²) in [7, 11) is -3.70. The van der Waals surface area contributed by atoms with Crippen molar-refractivity contribution in [1.29, 1.82) is 0 Å². The third kappa shape index (κ3) is 5.52. The molecule has 0 fully saturated rings. The third-order valence-corrected chi connectivity index (χ3v) is 6.81. The maximum atomic E-state index is 13.0. The smallest absolute Gasteiger partial charge is 0.244 e. The van der Waals surface area contributed by atoms with Crippen molar-refractivity contribution in [2.45, 2.75) is 53.1 Å². The van der Waals surface area contributed by atoms with Gasteiger partial charge in [-0.2, -0.15) is 0 Å². The van der Waals surface area contributed by atoms with E-state index in [4.69, 9.17) is 11.6 Å². The average molecular weight is 437 g/mol. The van der Waals surface area contributed by atoms with Gasteiger partial charge in [-0.15, -0.1) is 0 Å². The van der Waals surface area contributed by atoms with Crippen molar-refractivity contribution in [1.82, 2.24) is 5.32 Å². The summed E-state index contributed by atoms with van der Waals surface area (Å²) in [6, 6.07) is 9.92. The molecule has 0 aliphatic rings. The highest BCUT2D eigenvalue weighted by Crippen LogP contribution is 2.27. The van der Waals surface area contributed by atoms with Crippen LogP contribution in [0.15, 0.2) is 36.4 Å². The minimum absolute atomic E-state index is 0.202. The van der Waals surface area contributed by atoms with Gasteiger partial charge in [0, 0.05) is 5.02 Å². The zero-order valence-corrected chi connectivity index (χ0v) is 19.4. The van der Waals surface area contributed by atoms with Crippen LogP contribution >= 0.6 is 11.6 Å². The molecular weight excluding hydrogens is 408 g/mol. The highest BCUT2D eigenvalue weighted by atomic mass is 35.5. The fourth-order valence-corrected chi connectivity index (χ4v) is 4.56. The molecule has 7 heteroatoms. The van der Waals surface area contributed by atoms with E-state index in [1.54, 1.807) is 25.1 Å². The topological polar surface area (TPSA) is 66.5 Å². The van der Waals surface area contributed by atoms with Crippen molar-refractivity contribution in [3.63, 3.8) is 0 Å². The Morgan fingerprint density at radius 3 is 2.21 bits per heavy atom. The van der Waals surface area contributed by atoms with Crippen molar-refractivity contribution in [3.8, 4) is 0 Å². The van der Waals surface area contributed by atoms with Gasteiger partial charge in [0.2, 0.25) is 15.9 Å². The maximum absolute atomic E-state index is 13.0. The lowest BCUT2D eigenvalue weighted by Gasteiger charge is -2.30. The molecule has 0 aromatic heterocycles. The lowest BCUT2D eigenvalue weighted by atomic mass is 9.99. The number of carbonyl (C=O) groups excluding carboxylic acids is 1. The number of carbonyl (C=O) groups is 1. The molecule has 158 valence electrons. The standard InChI is InChI=1S/C22H29ClN2O3S/c1-7-21(18-10-8-14(2)16(4)12-18)24-22(26)17(5)25(29(6,27)28)19-11-9-15(3)20(23)13-19/h8-13,17,21H,7H2,1-6H3,(H,24,26)/t17-,21-/m1/s1. The number of nitrogens with one attached hydrogen (secondary N) is 1. The van der Waals surface area contributed by atoms with Crippen LogP contribution in [0.3, 0.4) is 0 Å². The molecule has 2 aromatic rings. The van der Waals surface area contributed by atoms with E-state index in [2.05, 4.69) is 11.4 Å². The molecule has 1 amide bonds. The van der Waals surface area contributed by atoms with Crippen LogP contribution in [-0.2, 0) is 14.8 Å². The number of nitrogens with zero attached hydrogens (tertiary/aromatic N) is 1. The van der Waals surface area contributed by atoms with Gasteiger partial charge in [-0.1, -0.05) is 42.8 Å². The summed E-state index contributed by atoms with van der Waals surface area (Å²) >= 11 is 6.18. The Labute approximate surface area is 179 Å². The number of hydrogen-bond acceptors (Lipinski definition) is 3. The second kappa shape index (κ2) is 9.18. The number of sulfonamides is 1. The molecular formula is C22H29ClN2O3S. The lowest BCUT2D eigenvalue weighted by Crippen LogP contribution is -2.48. The fraction of sp³-hybridized carbons (Fsp3) is 0.409. The molecule has 2 rings (SSSR count). The first kappa shape index (κ1) is 23.2. The molecule has 0 saturated heterocycles. The van der Waals surface area contributed by atoms with Gasteiger partial charge in [0.25, 0.3) is 0 Å². The van der Waals surface area contributed by atoms with Crippen LogP contribution in [0.2, 0.25) is 5.02 Å². The Bertz CT molecular complexity index is 1010. The Kier molecular flexibility index (Phi) is 7.35. The first-order valence-corrected chi connectivity index (χ1v) is 11.8. The molecule has 0 aliphatic carbocycles. The van der Waals surface area contributed by atoms with E-state index in [1.807, 2.05) is 39.8 Å². The molecule has 0 saturated carbocycles. The van der Waals surface area contributed by atoms with Gasteiger partial charge in [0.05, 0.1) is 18.0 Å². The first-order chi connectivity index (χ1) is 13.5. The molecule has 2 atom stereocenters. The van der Waals surface area contributed by atoms with E-state index >= 15 is 0 Å². The summed E-state index contributed by atoms with van der Waals surface area (Å²) in [5.74, 6) is -0.364. The van der Waals surface area contributed by atoms with Crippen LogP contribution in [0.5, 0.6) is 0 Å². The van der Waals surface area contributed by atoms with E-state index in [9.17, 15) is 13.2 Å². The van der Waals surface area contributed by atoms with Gasteiger partial charge in [-0.05, 0) is 68.5 Å². The molecule has 0 aliphatic heterocycles. The fourth-order valence-electron chi connectivity index (χ4n) is 3.22. The van der Waals surface area contributed by atoms with Crippen LogP contribution in [0.25, 0.3) is 0 Å². The van der Waals surface area contributed by atoms with E-state index in [-0.39, 0.29) is 11.9 Å². The Morgan fingerprint density at radius 2 is 1.69 bits per heavy atom. The predicted octanol–water partition coefficient (Wildman–Crippen LogP) is 4.69. The molecule has 5 nitrogen and oxygen atoms in total. The Balaban J connectivity index is 2.32. The van der Waals surface area contributed by atoms with E-state index in [1.165, 1.54) is 5.56 Å². The number of anilines is 1. The maximum Gasteiger partial charge on any atom is 0.244 e. The minimum atomic E-state index is -3.70. The molecule has 0 radical (unpaired) electrons. The van der Waals surface area contributed by atoms with E-state index < -0.39 is 16.1 Å². The van der Waals surface area contributed by atoms with Crippen molar-refractivity contribution in [2.24, 2.45) is 0 Å². The van der Waals surface area contributed by atoms with E-state index in [0.717, 1.165) is 27.3 Å². The van der Waals surface area contributed by atoms with Crippen LogP contribution in [0.4, 0.5) is 5.69 Å². The third-order valence-electron chi connectivity index (χ3n) is 5.16. The molecule has 0 bridgehead atoms. The summed E-state index contributed by atoms with van der Waals surface area (Å²) < 4.78 is 26.1. The molecule has 2 aromatic carbocycles. The number of amides is 1. The summed E-state index contributed by atoms with van der Waals surface area (Å²) in [5, 5.41) is 3.45. The highest BCUT2D eigenvalue weighted by Gasteiger charge is 2.30. The zero-order chi connectivity index (χ0) is 21.9. The van der Waals surface area contributed by atoms with Crippen molar-refractivity contribution >= 4 is 33.2 Å². The quantitative estimate of drug-likeness (QED) is 0.684. The molecule has 29 heavy (non-hydrogen) atoms. The van der Waals surface area contributed by atoms with Crippen molar-refractivity contribution in [3.05, 3.63) is 63.7 Å².